The minimum absolute atomic E-state index is 0.204. The van der Waals surface area contributed by atoms with Crippen molar-refractivity contribution in [2.75, 3.05) is 25.1 Å². The highest BCUT2D eigenvalue weighted by atomic mass is 19.1. The quantitative estimate of drug-likeness (QED) is 0.722. The zero-order valence-electron chi connectivity index (χ0n) is 10.9. The molecule has 1 rings (SSSR count). The van der Waals surface area contributed by atoms with Gasteiger partial charge in [-0.2, -0.15) is 0 Å². The van der Waals surface area contributed by atoms with E-state index in [1.54, 1.807) is 4.90 Å². The second kappa shape index (κ2) is 6.88. The number of rotatable bonds is 6. The number of hydrogen-bond donors (Lipinski definition) is 0. The van der Waals surface area contributed by atoms with Crippen molar-refractivity contribution >= 4 is 11.8 Å². The minimum atomic E-state index is -0.410. The second-order valence-electron chi connectivity index (χ2n) is 3.72. The number of carbonyl (C=O) groups excluding carboxylic acids is 1. The van der Waals surface area contributed by atoms with Gasteiger partial charge in [0.2, 0.25) is 0 Å². The average Bonchev–Trinajstić information content (AvgIpc) is 2.40. The number of hydrogen-bond acceptors (Lipinski definition) is 5. The van der Waals surface area contributed by atoms with Gasteiger partial charge in [0.05, 0.1) is 19.2 Å². The maximum atomic E-state index is 14.0. The Kier molecular flexibility index (Phi) is 5.48. The lowest BCUT2D eigenvalue weighted by Gasteiger charge is -2.22. The van der Waals surface area contributed by atoms with Crippen LogP contribution in [-0.4, -0.2) is 36.1 Å². The van der Waals surface area contributed by atoms with Crippen LogP contribution in [0.2, 0.25) is 0 Å². The fourth-order valence-electron chi connectivity index (χ4n) is 1.60. The number of aromatic nitrogens is 2. The molecule has 5 nitrogen and oxygen atoms in total. The Hall–Kier alpha value is -1.72. The molecule has 0 saturated carbocycles. The first-order chi connectivity index (χ1) is 8.63. The molecule has 0 unspecified atom stereocenters. The minimum Gasteiger partial charge on any atom is -0.469 e. The van der Waals surface area contributed by atoms with Gasteiger partial charge in [-0.15, -0.1) is 0 Å². The molecule has 6 heteroatoms. The second-order valence-corrected chi connectivity index (χ2v) is 3.72. The molecule has 0 radical (unpaired) electrons. The summed E-state index contributed by atoms with van der Waals surface area (Å²) in [5.41, 5.74) is 0.386. The first kappa shape index (κ1) is 14.3. The Labute approximate surface area is 106 Å². The van der Waals surface area contributed by atoms with E-state index < -0.39 is 5.82 Å². The number of nitrogens with zero attached hydrogens (tertiary/aromatic N) is 3. The molecule has 0 fully saturated rings. The van der Waals surface area contributed by atoms with Crippen LogP contribution in [0, 0.1) is 5.82 Å². The molecule has 0 spiro atoms. The largest absolute Gasteiger partial charge is 0.469 e. The molecule has 0 aliphatic carbocycles. The maximum Gasteiger partial charge on any atom is 0.307 e. The van der Waals surface area contributed by atoms with Gasteiger partial charge in [-0.05, 0) is 13.3 Å². The summed E-state index contributed by atoms with van der Waals surface area (Å²) < 4.78 is 18.6. The zero-order chi connectivity index (χ0) is 13.5. The highest BCUT2D eigenvalue weighted by molar-refractivity contribution is 5.69. The van der Waals surface area contributed by atoms with Gasteiger partial charge >= 0.3 is 5.97 Å². The normalized spacial score (nSPS) is 10.2. The van der Waals surface area contributed by atoms with E-state index >= 15 is 0 Å². The van der Waals surface area contributed by atoms with Crippen LogP contribution in [0.25, 0.3) is 0 Å². The van der Waals surface area contributed by atoms with Gasteiger partial charge < -0.3 is 9.64 Å². The third-order valence-corrected chi connectivity index (χ3v) is 2.67. The van der Waals surface area contributed by atoms with E-state index in [9.17, 15) is 9.18 Å². The van der Waals surface area contributed by atoms with Crippen molar-refractivity contribution in [3.8, 4) is 0 Å². The van der Waals surface area contributed by atoms with Crippen molar-refractivity contribution in [1.82, 2.24) is 9.97 Å². The predicted octanol–water partition coefficient (Wildman–Crippen LogP) is 1.57. The number of methoxy groups -OCH3 is 1. The number of esters is 1. The van der Waals surface area contributed by atoms with Gasteiger partial charge in [0, 0.05) is 13.1 Å². The highest BCUT2D eigenvalue weighted by Gasteiger charge is 2.16. The molecule has 0 amide bonds. The van der Waals surface area contributed by atoms with Crippen molar-refractivity contribution < 1.29 is 13.9 Å². The van der Waals surface area contributed by atoms with Crippen LogP contribution in [0.3, 0.4) is 0 Å². The van der Waals surface area contributed by atoms with Gasteiger partial charge in [-0.25, -0.2) is 14.4 Å². The van der Waals surface area contributed by atoms with E-state index in [1.165, 1.54) is 13.4 Å². The fourth-order valence-corrected chi connectivity index (χ4v) is 1.60. The summed E-state index contributed by atoms with van der Waals surface area (Å²) in [7, 11) is 1.33. The standard InChI is InChI=1S/C12H18FN3O2/c1-4-9-11(13)12(15-8-14-9)16(5-2)7-6-10(17)18-3/h8H,4-7H2,1-3H3. The third kappa shape index (κ3) is 3.38. The van der Waals surface area contributed by atoms with E-state index in [0.29, 0.717) is 25.2 Å². The van der Waals surface area contributed by atoms with Crippen molar-refractivity contribution in [2.24, 2.45) is 0 Å². The number of anilines is 1. The summed E-state index contributed by atoms with van der Waals surface area (Å²) in [5.74, 6) is -0.487. The highest BCUT2D eigenvalue weighted by Crippen LogP contribution is 2.18. The van der Waals surface area contributed by atoms with Crippen LogP contribution in [0.5, 0.6) is 0 Å². The van der Waals surface area contributed by atoms with Gasteiger partial charge in [0.25, 0.3) is 0 Å². The Balaban J connectivity index is 2.85. The number of halogens is 1. The van der Waals surface area contributed by atoms with Crippen LogP contribution in [0.1, 0.15) is 26.0 Å². The molecular weight excluding hydrogens is 237 g/mol. The van der Waals surface area contributed by atoms with Gasteiger partial charge in [0.15, 0.2) is 11.6 Å². The molecule has 1 aromatic heterocycles. The first-order valence-corrected chi connectivity index (χ1v) is 5.95. The van der Waals surface area contributed by atoms with E-state index in [1.807, 2.05) is 13.8 Å². The smallest absolute Gasteiger partial charge is 0.307 e. The maximum absolute atomic E-state index is 14.0. The molecule has 0 aromatic carbocycles. The molecule has 1 aromatic rings. The average molecular weight is 255 g/mol. The molecule has 0 N–H and O–H groups in total. The molecule has 1 heterocycles. The summed E-state index contributed by atoms with van der Waals surface area (Å²) in [4.78, 5) is 20.6. The molecule has 18 heavy (non-hydrogen) atoms. The van der Waals surface area contributed by atoms with E-state index in [2.05, 4.69) is 14.7 Å². The Morgan fingerprint density at radius 1 is 1.44 bits per heavy atom. The summed E-state index contributed by atoms with van der Waals surface area (Å²) in [5, 5.41) is 0. The van der Waals surface area contributed by atoms with Crippen LogP contribution in [0.4, 0.5) is 10.2 Å². The van der Waals surface area contributed by atoms with E-state index in [0.717, 1.165) is 0 Å². The Morgan fingerprint density at radius 2 is 2.17 bits per heavy atom. The molecule has 0 aliphatic heterocycles. The number of aryl methyl sites for hydroxylation is 1. The van der Waals surface area contributed by atoms with Crippen LogP contribution < -0.4 is 4.90 Å². The molecule has 0 bridgehead atoms. The zero-order valence-corrected chi connectivity index (χ0v) is 10.9. The lowest BCUT2D eigenvalue weighted by atomic mass is 10.3. The van der Waals surface area contributed by atoms with E-state index in [4.69, 9.17) is 0 Å². The fraction of sp³-hybridized carbons (Fsp3) is 0.583. The summed E-state index contributed by atoms with van der Waals surface area (Å²) in [6.45, 7) is 4.65. The Morgan fingerprint density at radius 3 is 2.72 bits per heavy atom. The van der Waals surface area contributed by atoms with Crippen LogP contribution in [-0.2, 0) is 16.0 Å². The van der Waals surface area contributed by atoms with Crippen molar-refractivity contribution in [3.05, 3.63) is 17.8 Å². The third-order valence-electron chi connectivity index (χ3n) is 2.67. The SMILES string of the molecule is CCc1ncnc(N(CC)CCC(=O)OC)c1F. The van der Waals surface area contributed by atoms with Crippen molar-refractivity contribution in [1.29, 1.82) is 0 Å². The van der Waals surface area contributed by atoms with E-state index in [-0.39, 0.29) is 18.2 Å². The topological polar surface area (TPSA) is 55.3 Å². The molecule has 100 valence electrons. The number of carbonyl (C=O) groups is 1. The Bertz CT molecular complexity index is 412. The monoisotopic (exact) mass is 255 g/mol. The van der Waals surface area contributed by atoms with Crippen LogP contribution >= 0.6 is 0 Å². The molecule has 0 atom stereocenters. The van der Waals surface area contributed by atoms with Gasteiger partial charge in [-0.3, -0.25) is 4.79 Å². The summed E-state index contributed by atoms with van der Waals surface area (Å²) in [6.07, 6.45) is 2.06. The first-order valence-electron chi connectivity index (χ1n) is 5.95. The predicted molar refractivity (Wildman–Crippen MR) is 65.9 cm³/mol. The van der Waals surface area contributed by atoms with Crippen molar-refractivity contribution in [3.63, 3.8) is 0 Å². The van der Waals surface area contributed by atoms with Crippen molar-refractivity contribution in [2.45, 2.75) is 26.7 Å². The van der Waals surface area contributed by atoms with Gasteiger partial charge in [0.1, 0.15) is 6.33 Å². The lowest BCUT2D eigenvalue weighted by molar-refractivity contribution is -0.140. The molecule has 0 saturated heterocycles. The summed E-state index contributed by atoms with van der Waals surface area (Å²) >= 11 is 0. The van der Waals surface area contributed by atoms with Gasteiger partial charge in [-0.1, -0.05) is 6.92 Å². The number of ether oxygens (including phenoxy) is 1. The molecule has 0 aliphatic rings. The van der Waals surface area contributed by atoms with Crippen LogP contribution in [0.15, 0.2) is 6.33 Å². The lowest BCUT2D eigenvalue weighted by Crippen LogP contribution is -2.28. The molecular formula is C12H18FN3O2. The summed E-state index contributed by atoms with van der Waals surface area (Å²) in [6, 6.07) is 0.